The average Bonchev–Trinajstić information content (AvgIpc) is 2.68. The van der Waals surface area contributed by atoms with Crippen molar-refractivity contribution in [3.8, 4) is 5.75 Å². The number of benzene rings is 2. The maximum absolute atomic E-state index is 12.6. The first-order valence-electron chi connectivity index (χ1n) is 8.57. The van der Waals surface area contributed by atoms with Gasteiger partial charge in [-0.15, -0.1) is 0 Å². The van der Waals surface area contributed by atoms with Gasteiger partial charge in [0.15, 0.2) is 0 Å². The van der Waals surface area contributed by atoms with E-state index in [-0.39, 0.29) is 17.7 Å². The molecule has 2 amide bonds. The third-order valence-corrected chi connectivity index (χ3v) is 4.83. The van der Waals surface area contributed by atoms with Crippen molar-refractivity contribution in [1.82, 2.24) is 4.90 Å². The molecule has 0 radical (unpaired) electrons. The molecule has 1 saturated heterocycles. The molecule has 1 heterocycles. The lowest BCUT2D eigenvalue weighted by molar-refractivity contribution is -0.121. The number of hydrogen-bond acceptors (Lipinski definition) is 3. The highest BCUT2D eigenvalue weighted by Crippen LogP contribution is 2.29. The molecule has 5 nitrogen and oxygen atoms in total. The molecule has 1 N–H and O–H groups in total. The van der Waals surface area contributed by atoms with Crippen LogP contribution in [-0.2, 0) is 4.79 Å². The highest BCUT2D eigenvalue weighted by atomic mass is 35.5. The van der Waals surface area contributed by atoms with Crippen LogP contribution in [0.2, 0.25) is 5.02 Å². The van der Waals surface area contributed by atoms with Gasteiger partial charge in [0.25, 0.3) is 5.91 Å². The van der Waals surface area contributed by atoms with Gasteiger partial charge in [-0.2, -0.15) is 0 Å². The molecule has 136 valence electrons. The van der Waals surface area contributed by atoms with Gasteiger partial charge in [0.2, 0.25) is 5.91 Å². The predicted molar refractivity (Wildman–Crippen MR) is 102 cm³/mol. The summed E-state index contributed by atoms with van der Waals surface area (Å²) in [6, 6.07) is 14.3. The number of carbonyl (C=O) groups excluding carboxylic acids is 2. The van der Waals surface area contributed by atoms with E-state index in [2.05, 4.69) is 5.32 Å². The molecular formula is C20H21ClN2O3. The molecule has 26 heavy (non-hydrogen) atoms. The van der Waals surface area contributed by atoms with Crippen molar-refractivity contribution in [1.29, 1.82) is 0 Å². The van der Waals surface area contributed by atoms with Crippen LogP contribution in [0.15, 0.2) is 48.5 Å². The van der Waals surface area contributed by atoms with E-state index in [0.29, 0.717) is 48.0 Å². The Labute approximate surface area is 157 Å². The molecule has 1 aliphatic heterocycles. The number of carbonyl (C=O) groups is 2. The fraction of sp³-hybridized carbons (Fsp3) is 0.300. The van der Waals surface area contributed by atoms with Crippen LogP contribution in [0.4, 0.5) is 5.69 Å². The molecule has 3 rings (SSSR count). The number of nitrogens with zero attached hydrogens (tertiary/aromatic N) is 1. The quantitative estimate of drug-likeness (QED) is 0.887. The van der Waals surface area contributed by atoms with E-state index >= 15 is 0 Å². The number of ether oxygens (including phenoxy) is 1. The van der Waals surface area contributed by atoms with Crippen LogP contribution >= 0.6 is 11.6 Å². The molecule has 0 saturated carbocycles. The molecule has 0 bridgehead atoms. The second kappa shape index (κ2) is 8.23. The van der Waals surface area contributed by atoms with Crippen molar-refractivity contribution in [3.05, 3.63) is 59.1 Å². The molecule has 0 atom stereocenters. The topological polar surface area (TPSA) is 58.6 Å². The summed E-state index contributed by atoms with van der Waals surface area (Å²) in [5.74, 6) is 0.372. The van der Waals surface area contributed by atoms with Gasteiger partial charge in [-0.25, -0.2) is 0 Å². The first-order chi connectivity index (χ1) is 12.6. The number of rotatable bonds is 4. The average molecular weight is 373 g/mol. The third-order valence-electron chi connectivity index (χ3n) is 4.59. The largest absolute Gasteiger partial charge is 0.495 e. The number of amides is 2. The Kier molecular flexibility index (Phi) is 5.78. The molecule has 0 aromatic heterocycles. The Morgan fingerprint density at radius 2 is 1.81 bits per heavy atom. The van der Waals surface area contributed by atoms with Crippen LogP contribution < -0.4 is 10.1 Å². The maximum atomic E-state index is 12.6. The molecule has 6 heteroatoms. The number of hydrogen-bond donors (Lipinski definition) is 1. The fourth-order valence-corrected chi connectivity index (χ4v) is 3.29. The van der Waals surface area contributed by atoms with Crippen LogP contribution in [-0.4, -0.2) is 36.9 Å². The SMILES string of the molecule is COc1ccc(Cl)cc1NC(=O)C1CCN(C(=O)c2ccccc2)CC1. The molecule has 1 fully saturated rings. The molecule has 1 aliphatic rings. The number of nitrogens with one attached hydrogen (secondary N) is 1. The zero-order valence-electron chi connectivity index (χ0n) is 14.6. The lowest BCUT2D eigenvalue weighted by Gasteiger charge is -2.31. The Hall–Kier alpha value is -2.53. The fourth-order valence-electron chi connectivity index (χ4n) is 3.12. The first-order valence-corrected chi connectivity index (χ1v) is 8.95. The lowest BCUT2D eigenvalue weighted by atomic mass is 9.95. The van der Waals surface area contributed by atoms with Crippen molar-refractivity contribution in [2.45, 2.75) is 12.8 Å². The first kappa shape index (κ1) is 18.3. The normalized spacial score (nSPS) is 14.8. The second-order valence-electron chi connectivity index (χ2n) is 6.27. The van der Waals surface area contributed by atoms with Gasteiger partial charge in [0.05, 0.1) is 12.8 Å². The van der Waals surface area contributed by atoms with E-state index in [1.165, 1.54) is 0 Å². The van der Waals surface area contributed by atoms with E-state index in [9.17, 15) is 9.59 Å². The van der Waals surface area contributed by atoms with Crippen LogP contribution in [0.25, 0.3) is 0 Å². The summed E-state index contributed by atoms with van der Waals surface area (Å²) in [5, 5.41) is 3.43. The van der Waals surface area contributed by atoms with E-state index in [4.69, 9.17) is 16.3 Å². The molecular weight excluding hydrogens is 352 g/mol. The number of anilines is 1. The van der Waals surface area contributed by atoms with E-state index in [1.54, 1.807) is 30.2 Å². The van der Waals surface area contributed by atoms with E-state index in [0.717, 1.165) is 0 Å². The smallest absolute Gasteiger partial charge is 0.253 e. The van der Waals surface area contributed by atoms with E-state index < -0.39 is 0 Å². The summed E-state index contributed by atoms with van der Waals surface area (Å²) >= 11 is 6.00. The van der Waals surface area contributed by atoms with Gasteiger partial charge in [-0.05, 0) is 43.2 Å². The summed E-state index contributed by atoms with van der Waals surface area (Å²) in [7, 11) is 1.55. The van der Waals surface area contributed by atoms with Crippen molar-refractivity contribution >= 4 is 29.1 Å². The Morgan fingerprint density at radius 1 is 1.12 bits per heavy atom. The van der Waals surface area contributed by atoms with E-state index in [1.807, 2.05) is 30.3 Å². The summed E-state index contributed by atoms with van der Waals surface area (Å²) < 4.78 is 5.26. The molecule has 2 aromatic rings. The number of piperidine rings is 1. The summed E-state index contributed by atoms with van der Waals surface area (Å²) in [6.45, 7) is 1.14. The van der Waals surface area contributed by atoms with Crippen molar-refractivity contribution < 1.29 is 14.3 Å². The number of halogens is 1. The summed E-state index contributed by atoms with van der Waals surface area (Å²) in [5.41, 5.74) is 1.24. The van der Waals surface area contributed by atoms with Crippen molar-refractivity contribution in [3.63, 3.8) is 0 Å². The Bertz CT molecular complexity index is 787. The summed E-state index contributed by atoms with van der Waals surface area (Å²) in [6.07, 6.45) is 1.26. The van der Waals surface area contributed by atoms with Crippen LogP contribution in [0, 0.1) is 5.92 Å². The minimum atomic E-state index is -0.140. The second-order valence-corrected chi connectivity index (χ2v) is 6.70. The van der Waals surface area contributed by atoms with Crippen molar-refractivity contribution in [2.75, 3.05) is 25.5 Å². The van der Waals surface area contributed by atoms with Crippen molar-refractivity contribution in [2.24, 2.45) is 5.92 Å². The molecule has 0 unspecified atom stereocenters. The van der Waals surface area contributed by atoms with Crippen LogP contribution in [0.5, 0.6) is 5.75 Å². The Balaban J connectivity index is 1.59. The van der Waals surface area contributed by atoms with Gasteiger partial charge in [0.1, 0.15) is 5.75 Å². The zero-order valence-corrected chi connectivity index (χ0v) is 15.3. The van der Waals surface area contributed by atoms with Crippen LogP contribution in [0.3, 0.4) is 0 Å². The third kappa shape index (κ3) is 4.17. The zero-order chi connectivity index (χ0) is 18.5. The van der Waals surface area contributed by atoms with Gasteiger partial charge in [-0.1, -0.05) is 29.8 Å². The Morgan fingerprint density at radius 3 is 2.46 bits per heavy atom. The van der Waals surface area contributed by atoms with Gasteiger partial charge in [0, 0.05) is 29.6 Å². The maximum Gasteiger partial charge on any atom is 0.253 e. The number of likely N-dealkylation sites (tertiary alicyclic amines) is 1. The highest BCUT2D eigenvalue weighted by molar-refractivity contribution is 6.31. The molecule has 0 aliphatic carbocycles. The minimum absolute atomic E-state index is 0.0148. The predicted octanol–water partition coefficient (Wildman–Crippen LogP) is 3.84. The number of methoxy groups -OCH3 is 1. The monoisotopic (exact) mass is 372 g/mol. The van der Waals surface area contributed by atoms with Gasteiger partial charge in [-0.3, -0.25) is 9.59 Å². The van der Waals surface area contributed by atoms with Crippen LogP contribution in [0.1, 0.15) is 23.2 Å². The molecule has 2 aromatic carbocycles. The van der Waals surface area contributed by atoms with Gasteiger partial charge >= 0.3 is 0 Å². The highest BCUT2D eigenvalue weighted by Gasteiger charge is 2.28. The van der Waals surface area contributed by atoms with Gasteiger partial charge < -0.3 is 15.0 Å². The standard InChI is InChI=1S/C20H21ClN2O3/c1-26-18-8-7-16(21)13-17(18)22-19(24)14-9-11-23(12-10-14)20(25)15-5-3-2-4-6-15/h2-8,13-14H,9-12H2,1H3,(H,22,24). The molecule has 0 spiro atoms. The lowest BCUT2D eigenvalue weighted by Crippen LogP contribution is -2.41. The minimum Gasteiger partial charge on any atom is -0.495 e. The summed E-state index contributed by atoms with van der Waals surface area (Å²) in [4.78, 5) is 26.9.